The number of hydrogen-bond acceptors (Lipinski definition) is 1. The minimum absolute atomic E-state index is 0.253. The fourth-order valence-corrected chi connectivity index (χ4v) is 3.13. The topological polar surface area (TPSA) is 0 Å². The molecule has 2 aromatic carbocycles. The van der Waals surface area contributed by atoms with Crippen LogP contribution in [0.15, 0.2) is 50.7 Å². The van der Waals surface area contributed by atoms with E-state index in [1.165, 1.54) is 23.9 Å². The molecule has 0 aromatic heterocycles. The Hall–Kier alpha value is -0.510. The van der Waals surface area contributed by atoms with Crippen LogP contribution in [0.1, 0.15) is 5.56 Å². The molecule has 0 aliphatic heterocycles. The van der Waals surface area contributed by atoms with Crippen LogP contribution in [-0.4, -0.2) is 0 Å². The van der Waals surface area contributed by atoms with Crippen LogP contribution < -0.4 is 0 Å². The summed E-state index contributed by atoms with van der Waals surface area (Å²) in [6, 6.07) is 10.5. The predicted molar refractivity (Wildman–Crippen MR) is 74.4 cm³/mol. The van der Waals surface area contributed by atoms with Gasteiger partial charge in [-0.3, -0.25) is 0 Å². The first kappa shape index (κ1) is 12.9. The van der Waals surface area contributed by atoms with Gasteiger partial charge in [0, 0.05) is 14.3 Å². The summed E-state index contributed by atoms with van der Waals surface area (Å²) in [5.74, 6) is -0.253. The van der Waals surface area contributed by atoms with E-state index in [0.717, 1.165) is 19.8 Å². The maximum atomic E-state index is 13.0. The van der Waals surface area contributed by atoms with E-state index in [2.05, 4.69) is 15.9 Å². The average molecular weight is 332 g/mol. The van der Waals surface area contributed by atoms with Crippen LogP contribution in [0.4, 0.5) is 4.39 Å². The van der Waals surface area contributed by atoms with Gasteiger partial charge in [0.25, 0.3) is 0 Å². The van der Waals surface area contributed by atoms with Crippen molar-refractivity contribution in [2.75, 3.05) is 0 Å². The van der Waals surface area contributed by atoms with E-state index in [-0.39, 0.29) is 5.82 Å². The Morgan fingerprint density at radius 2 is 1.82 bits per heavy atom. The predicted octanol–water partition coefficient (Wildman–Crippen LogP) is 5.70. The molecule has 0 atom stereocenters. The highest BCUT2D eigenvalue weighted by atomic mass is 79.9. The van der Waals surface area contributed by atoms with E-state index in [4.69, 9.17) is 11.6 Å². The largest absolute Gasteiger partial charge is 0.207 e. The van der Waals surface area contributed by atoms with Gasteiger partial charge in [0.15, 0.2) is 0 Å². The standard InChI is InChI=1S/C13H9BrClFS/c1-8-2-4-13(11(15)6-8)17-12-5-3-9(16)7-10(12)14/h2-7H,1H3. The van der Waals surface area contributed by atoms with Gasteiger partial charge in [0.2, 0.25) is 0 Å². The highest BCUT2D eigenvalue weighted by molar-refractivity contribution is 9.10. The fraction of sp³-hybridized carbons (Fsp3) is 0.0769. The quantitative estimate of drug-likeness (QED) is 0.680. The molecule has 0 aliphatic rings. The zero-order chi connectivity index (χ0) is 12.4. The smallest absolute Gasteiger partial charge is 0.124 e. The number of rotatable bonds is 2. The second-order valence-corrected chi connectivity index (χ2v) is 5.96. The summed E-state index contributed by atoms with van der Waals surface area (Å²) in [7, 11) is 0. The van der Waals surface area contributed by atoms with Gasteiger partial charge in [-0.2, -0.15) is 0 Å². The Balaban J connectivity index is 2.31. The molecule has 0 unspecified atom stereocenters. The van der Waals surface area contributed by atoms with Crippen LogP contribution in [0, 0.1) is 12.7 Å². The summed E-state index contributed by atoms with van der Waals surface area (Å²) in [6.45, 7) is 1.99. The highest BCUT2D eigenvalue weighted by Crippen LogP contribution is 2.37. The molecule has 0 fully saturated rings. The van der Waals surface area contributed by atoms with Crippen LogP contribution >= 0.6 is 39.3 Å². The first-order valence-electron chi connectivity index (χ1n) is 4.95. The van der Waals surface area contributed by atoms with Crippen LogP contribution in [0.25, 0.3) is 0 Å². The number of benzene rings is 2. The molecule has 4 heteroatoms. The molecule has 2 rings (SSSR count). The number of hydrogen-bond donors (Lipinski definition) is 0. The molecular formula is C13H9BrClFS. The third-order valence-electron chi connectivity index (χ3n) is 2.20. The Kier molecular flexibility index (Phi) is 4.13. The normalized spacial score (nSPS) is 10.6. The molecule has 0 nitrogen and oxygen atoms in total. The highest BCUT2D eigenvalue weighted by Gasteiger charge is 2.07. The van der Waals surface area contributed by atoms with E-state index in [1.54, 1.807) is 6.07 Å². The minimum atomic E-state index is -0.253. The zero-order valence-corrected chi connectivity index (χ0v) is 12.2. The van der Waals surface area contributed by atoms with Crippen molar-refractivity contribution < 1.29 is 4.39 Å². The molecule has 17 heavy (non-hydrogen) atoms. The Morgan fingerprint density at radius 3 is 2.47 bits per heavy atom. The molecule has 0 spiro atoms. The van der Waals surface area contributed by atoms with Gasteiger partial charge in [0.1, 0.15) is 5.82 Å². The van der Waals surface area contributed by atoms with Gasteiger partial charge < -0.3 is 0 Å². The van der Waals surface area contributed by atoms with Crippen LogP contribution in [0.5, 0.6) is 0 Å². The lowest BCUT2D eigenvalue weighted by atomic mass is 10.2. The van der Waals surface area contributed by atoms with Gasteiger partial charge >= 0.3 is 0 Å². The van der Waals surface area contributed by atoms with Gasteiger partial charge in [-0.15, -0.1) is 0 Å². The maximum Gasteiger partial charge on any atom is 0.124 e. The van der Waals surface area contributed by atoms with Crippen molar-refractivity contribution in [3.05, 3.63) is 57.3 Å². The first-order valence-corrected chi connectivity index (χ1v) is 6.94. The van der Waals surface area contributed by atoms with Crippen LogP contribution in [-0.2, 0) is 0 Å². The third kappa shape index (κ3) is 3.24. The molecule has 0 amide bonds. The Bertz CT molecular complexity index is 508. The summed E-state index contributed by atoms with van der Waals surface area (Å²) < 4.78 is 13.7. The van der Waals surface area contributed by atoms with E-state index in [1.807, 2.05) is 25.1 Å². The lowest BCUT2D eigenvalue weighted by Gasteiger charge is -2.07. The zero-order valence-electron chi connectivity index (χ0n) is 9.01. The summed E-state index contributed by atoms with van der Waals surface area (Å²) in [5.41, 5.74) is 1.12. The van der Waals surface area contributed by atoms with Gasteiger partial charge in [-0.1, -0.05) is 29.4 Å². The van der Waals surface area contributed by atoms with Crippen molar-refractivity contribution in [2.45, 2.75) is 16.7 Å². The van der Waals surface area contributed by atoms with E-state index in [9.17, 15) is 4.39 Å². The third-order valence-corrected chi connectivity index (χ3v) is 4.70. The van der Waals surface area contributed by atoms with Crippen molar-refractivity contribution in [1.82, 2.24) is 0 Å². The van der Waals surface area contributed by atoms with Crippen molar-refractivity contribution in [3.8, 4) is 0 Å². The van der Waals surface area contributed by atoms with Gasteiger partial charge in [-0.25, -0.2) is 4.39 Å². The van der Waals surface area contributed by atoms with Crippen molar-refractivity contribution in [2.24, 2.45) is 0 Å². The molecule has 0 radical (unpaired) electrons. The molecule has 0 saturated carbocycles. The first-order chi connectivity index (χ1) is 8.06. The number of aryl methyl sites for hydroxylation is 1. The second-order valence-electron chi connectivity index (χ2n) is 3.61. The molecule has 0 aliphatic carbocycles. The fourth-order valence-electron chi connectivity index (χ4n) is 1.37. The summed E-state index contributed by atoms with van der Waals surface area (Å²) in [4.78, 5) is 1.90. The lowest BCUT2D eigenvalue weighted by molar-refractivity contribution is 0.625. The Labute approximate surface area is 117 Å². The molecule has 2 aromatic rings. The molecule has 0 saturated heterocycles. The molecule has 0 N–H and O–H groups in total. The monoisotopic (exact) mass is 330 g/mol. The van der Waals surface area contributed by atoms with E-state index in [0.29, 0.717) is 5.02 Å². The second kappa shape index (κ2) is 5.42. The van der Waals surface area contributed by atoms with Gasteiger partial charge in [0.05, 0.1) is 5.02 Å². The summed E-state index contributed by atoms with van der Waals surface area (Å²) >= 11 is 11.0. The molecular weight excluding hydrogens is 323 g/mol. The maximum absolute atomic E-state index is 13.0. The molecule has 88 valence electrons. The van der Waals surface area contributed by atoms with E-state index < -0.39 is 0 Å². The summed E-state index contributed by atoms with van der Waals surface area (Å²) in [5, 5.41) is 0.714. The van der Waals surface area contributed by atoms with Crippen molar-refractivity contribution in [1.29, 1.82) is 0 Å². The molecule has 0 heterocycles. The SMILES string of the molecule is Cc1ccc(Sc2ccc(F)cc2Br)c(Cl)c1. The van der Waals surface area contributed by atoms with Gasteiger partial charge in [-0.05, 0) is 58.7 Å². The molecule has 0 bridgehead atoms. The lowest BCUT2D eigenvalue weighted by Crippen LogP contribution is -1.81. The van der Waals surface area contributed by atoms with Crippen LogP contribution in [0.2, 0.25) is 5.02 Å². The van der Waals surface area contributed by atoms with Crippen molar-refractivity contribution in [3.63, 3.8) is 0 Å². The van der Waals surface area contributed by atoms with Crippen LogP contribution in [0.3, 0.4) is 0 Å². The average Bonchev–Trinajstić information content (AvgIpc) is 2.25. The van der Waals surface area contributed by atoms with Crippen molar-refractivity contribution >= 4 is 39.3 Å². The minimum Gasteiger partial charge on any atom is -0.207 e. The van der Waals surface area contributed by atoms with E-state index >= 15 is 0 Å². The number of halogens is 3. The Morgan fingerprint density at radius 1 is 1.12 bits per heavy atom. The summed E-state index contributed by atoms with van der Waals surface area (Å²) in [6.07, 6.45) is 0.